The zero-order valence-electron chi connectivity index (χ0n) is 13.2. The van der Waals surface area contributed by atoms with Crippen molar-refractivity contribution < 1.29 is 0 Å². The van der Waals surface area contributed by atoms with Gasteiger partial charge in [0.25, 0.3) is 0 Å². The lowest BCUT2D eigenvalue weighted by Gasteiger charge is -2.45. The van der Waals surface area contributed by atoms with Crippen molar-refractivity contribution in [2.45, 2.75) is 39.0 Å². The fourth-order valence-electron chi connectivity index (χ4n) is 8.83. The summed E-state index contributed by atoms with van der Waals surface area (Å²) in [6.45, 7) is 2.29. The molecule has 6 rings (SSSR count). The second-order valence-corrected chi connectivity index (χ2v) is 9.22. The molecule has 0 N–H and O–H groups in total. The molecule has 112 valence electrons. The summed E-state index contributed by atoms with van der Waals surface area (Å²) in [5.41, 5.74) is 0. The largest absolute Gasteiger partial charge is 0.0885 e. The number of hydrogen-bond donors (Lipinski definition) is 0. The van der Waals surface area contributed by atoms with Gasteiger partial charge in [-0.3, -0.25) is 0 Å². The van der Waals surface area contributed by atoms with Gasteiger partial charge in [0.05, 0.1) is 0 Å². The van der Waals surface area contributed by atoms with Gasteiger partial charge >= 0.3 is 0 Å². The zero-order valence-corrected chi connectivity index (χ0v) is 13.2. The Kier molecular flexibility index (Phi) is 2.20. The van der Waals surface area contributed by atoms with Gasteiger partial charge in [-0.2, -0.15) is 0 Å². The molecular weight excluding hydrogens is 252 g/mol. The van der Waals surface area contributed by atoms with Gasteiger partial charge in [-0.15, -0.1) is 0 Å². The van der Waals surface area contributed by atoms with E-state index >= 15 is 0 Å². The third-order valence-electron chi connectivity index (χ3n) is 8.91. The van der Waals surface area contributed by atoms with Crippen LogP contribution in [-0.4, -0.2) is 0 Å². The average molecular weight is 280 g/mol. The molecule has 6 aliphatic rings. The Labute approximate surface area is 129 Å². The van der Waals surface area contributed by atoms with Crippen LogP contribution in [0.2, 0.25) is 0 Å². The highest BCUT2D eigenvalue weighted by Gasteiger charge is 2.70. The molecule has 0 aliphatic heterocycles. The van der Waals surface area contributed by atoms with Crippen LogP contribution in [0.5, 0.6) is 0 Å². The number of allylic oxidation sites excluding steroid dienone is 4. The Morgan fingerprint density at radius 2 is 1.57 bits per heavy atom. The first kappa shape index (κ1) is 12.0. The molecule has 11 atom stereocenters. The molecule has 5 fully saturated rings. The van der Waals surface area contributed by atoms with Gasteiger partial charge in [-0.05, 0) is 97.2 Å². The summed E-state index contributed by atoms with van der Waals surface area (Å²) in [6, 6.07) is 0. The number of fused-ring (bicyclic) bond motifs is 16. The van der Waals surface area contributed by atoms with Crippen LogP contribution < -0.4 is 0 Å². The predicted octanol–water partition coefficient (Wildman–Crippen LogP) is 4.93. The lowest BCUT2D eigenvalue weighted by atomic mass is 9.59. The molecule has 5 saturated carbocycles. The van der Waals surface area contributed by atoms with Crippen molar-refractivity contribution in [1.82, 2.24) is 0 Å². The SMILES string of the molecule is CCC=CC1CC2CC1C1C3CC(C4C5C=CC(C5)C34)C21. The minimum atomic E-state index is 0.961. The Balaban J connectivity index is 1.35. The number of rotatable bonds is 2. The maximum absolute atomic E-state index is 2.62. The van der Waals surface area contributed by atoms with E-state index in [0.29, 0.717) is 0 Å². The maximum Gasteiger partial charge on any atom is -0.0194 e. The summed E-state index contributed by atoms with van der Waals surface area (Å²) < 4.78 is 0. The van der Waals surface area contributed by atoms with Crippen LogP contribution in [0, 0.1) is 65.1 Å². The third kappa shape index (κ3) is 1.27. The normalized spacial score (nSPS) is 64.9. The first-order valence-corrected chi connectivity index (χ1v) is 9.71. The van der Waals surface area contributed by atoms with Crippen LogP contribution in [0.25, 0.3) is 0 Å². The summed E-state index contributed by atoms with van der Waals surface area (Å²) in [5.74, 6) is 12.0. The highest BCUT2D eigenvalue weighted by molar-refractivity contribution is 5.25. The molecule has 21 heavy (non-hydrogen) atoms. The second-order valence-electron chi connectivity index (χ2n) is 9.22. The van der Waals surface area contributed by atoms with Crippen molar-refractivity contribution in [2.75, 3.05) is 0 Å². The van der Waals surface area contributed by atoms with Crippen LogP contribution in [0.15, 0.2) is 24.3 Å². The molecule has 6 aliphatic carbocycles. The molecule has 6 bridgehead atoms. The van der Waals surface area contributed by atoms with E-state index in [-0.39, 0.29) is 0 Å². The minimum Gasteiger partial charge on any atom is -0.0885 e. The van der Waals surface area contributed by atoms with Crippen molar-refractivity contribution in [2.24, 2.45) is 65.1 Å². The van der Waals surface area contributed by atoms with Crippen LogP contribution in [0.3, 0.4) is 0 Å². The third-order valence-corrected chi connectivity index (χ3v) is 8.91. The second kappa shape index (κ2) is 3.87. The molecule has 0 radical (unpaired) electrons. The molecule has 0 saturated heterocycles. The first-order valence-electron chi connectivity index (χ1n) is 9.71. The molecule has 0 nitrogen and oxygen atoms in total. The first-order chi connectivity index (χ1) is 10.4. The summed E-state index contributed by atoms with van der Waals surface area (Å²) in [4.78, 5) is 0. The summed E-state index contributed by atoms with van der Waals surface area (Å²) >= 11 is 0. The van der Waals surface area contributed by atoms with E-state index in [4.69, 9.17) is 0 Å². The predicted molar refractivity (Wildman–Crippen MR) is 85.4 cm³/mol. The van der Waals surface area contributed by atoms with E-state index in [0.717, 1.165) is 59.2 Å². The van der Waals surface area contributed by atoms with Crippen molar-refractivity contribution in [3.05, 3.63) is 24.3 Å². The van der Waals surface area contributed by atoms with E-state index in [1.807, 2.05) is 0 Å². The van der Waals surface area contributed by atoms with Crippen molar-refractivity contribution in [1.29, 1.82) is 0 Å². The van der Waals surface area contributed by atoms with Crippen molar-refractivity contribution in [3.63, 3.8) is 0 Å². The fraction of sp³-hybridized carbons (Fsp3) is 0.810. The molecular formula is C21H28. The van der Waals surface area contributed by atoms with E-state index in [1.165, 1.54) is 18.8 Å². The molecule has 0 aromatic rings. The van der Waals surface area contributed by atoms with Crippen molar-refractivity contribution >= 4 is 0 Å². The Hall–Kier alpha value is -0.520. The lowest BCUT2D eigenvalue weighted by molar-refractivity contribution is 0.0379. The van der Waals surface area contributed by atoms with E-state index in [2.05, 4.69) is 31.2 Å². The zero-order chi connectivity index (χ0) is 13.7. The molecule has 0 heteroatoms. The molecule has 0 spiro atoms. The highest BCUT2D eigenvalue weighted by Crippen LogP contribution is 2.76. The Morgan fingerprint density at radius 1 is 0.810 bits per heavy atom. The van der Waals surface area contributed by atoms with Gasteiger partial charge in [0, 0.05) is 0 Å². The van der Waals surface area contributed by atoms with Gasteiger partial charge in [0.1, 0.15) is 0 Å². The fourth-order valence-corrected chi connectivity index (χ4v) is 8.83. The topological polar surface area (TPSA) is 0 Å². The summed E-state index contributed by atoms with van der Waals surface area (Å²) in [7, 11) is 0. The van der Waals surface area contributed by atoms with E-state index < -0.39 is 0 Å². The number of hydrogen-bond acceptors (Lipinski definition) is 0. The van der Waals surface area contributed by atoms with Gasteiger partial charge in [-0.1, -0.05) is 31.2 Å². The summed E-state index contributed by atoms with van der Waals surface area (Å²) in [5, 5.41) is 0. The average Bonchev–Trinajstić information content (AvgIpc) is 3.30. The Morgan fingerprint density at radius 3 is 2.33 bits per heavy atom. The standard InChI is InChI=1S/C21H28/c1-2-3-4-11-7-14-9-15(11)21-17-10-16(20(14)21)18-12-5-6-13(8-12)19(17)18/h3-6,11-21H,2,7-10H2,1H3. The van der Waals surface area contributed by atoms with Crippen molar-refractivity contribution in [3.8, 4) is 0 Å². The molecule has 0 aromatic heterocycles. The van der Waals surface area contributed by atoms with E-state index in [1.54, 1.807) is 19.3 Å². The molecule has 0 aromatic carbocycles. The highest BCUT2D eigenvalue weighted by atomic mass is 14.7. The van der Waals surface area contributed by atoms with Gasteiger partial charge in [0.15, 0.2) is 0 Å². The van der Waals surface area contributed by atoms with Crippen LogP contribution >= 0.6 is 0 Å². The summed E-state index contributed by atoms with van der Waals surface area (Å²) in [6.07, 6.45) is 17.8. The maximum atomic E-state index is 2.62. The van der Waals surface area contributed by atoms with Gasteiger partial charge in [0.2, 0.25) is 0 Å². The minimum absolute atomic E-state index is 0.961. The molecule has 11 unspecified atom stereocenters. The lowest BCUT2D eigenvalue weighted by Crippen LogP contribution is -2.41. The molecule has 0 amide bonds. The van der Waals surface area contributed by atoms with E-state index in [9.17, 15) is 0 Å². The smallest absolute Gasteiger partial charge is 0.0194 e. The van der Waals surface area contributed by atoms with Crippen LogP contribution in [0.4, 0.5) is 0 Å². The van der Waals surface area contributed by atoms with Gasteiger partial charge in [-0.25, -0.2) is 0 Å². The van der Waals surface area contributed by atoms with Gasteiger partial charge < -0.3 is 0 Å². The van der Waals surface area contributed by atoms with Crippen LogP contribution in [0.1, 0.15) is 39.0 Å². The quantitative estimate of drug-likeness (QED) is 0.497. The van der Waals surface area contributed by atoms with Crippen LogP contribution in [-0.2, 0) is 0 Å². The molecule has 0 heterocycles. The monoisotopic (exact) mass is 280 g/mol. The Bertz CT molecular complexity index is 528.